The summed E-state index contributed by atoms with van der Waals surface area (Å²) in [6.07, 6.45) is 7.39. The fourth-order valence-corrected chi connectivity index (χ4v) is 10.2. The molecule has 0 N–H and O–H groups in total. The largest absolute Gasteiger partial charge is 1.00 e. The minimum absolute atomic E-state index is 0. The maximum Gasteiger partial charge on any atom is 1.00 e. The molecular formula is C44H24F2N2Na2O6S4. The van der Waals surface area contributed by atoms with Crippen molar-refractivity contribution in [2.45, 2.75) is 9.79 Å². The summed E-state index contributed by atoms with van der Waals surface area (Å²) in [6, 6.07) is 31.1. The Morgan fingerprint density at radius 3 is 0.850 bits per heavy atom. The molecule has 0 fully saturated rings. The van der Waals surface area contributed by atoms with Gasteiger partial charge in [-0.2, -0.15) is 0 Å². The molecular weight excluding hydrogens is 865 g/mol. The molecule has 7 aromatic rings. The third kappa shape index (κ3) is 8.71. The number of benzene rings is 4. The summed E-state index contributed by atoms with van der Waals surface area (Å²) in [5, 5.41) is 0. The zero-order valence-electron chi connectivity index (χ0n) is 31.6. The van der Waals surface area contributed by atoms with E-state index in [1.54, 1.807) is 48.5 Å². The third-order valence-corrected chi connectivity index (χ3v) is 13.6. The molecule has 286 valence electrons. The molecule has 5 heterocycles. The number of hydrogen-bond donors (Lipinski definition) is 0. The number of hydrogen-bond acceptors (Lipinski definition) is 10. The van der Waals surface area contributed by atoms with Crippen LogP contribution in [-0.2, 0) is 20.2 Å². The Kier molecular flexibility index (Phi) is 12.8. The van der Waals surface area contributed by atoms with Crippen molar-refractivity contribution in [3.63, 3.8) is 0 Å². The van der Waals surface area contributed by atoms with E-state index in [9.17, 15) is 34.7 Å². The second-order valence-corrected chi connectivity index (χ2v) is 18.2. The van der Waals surface area contributed by atoms with Crippen LogP contribution in [0.2, 0.25) is 0 Å². The Morgan fingerprint density at radius 2 is 0.617 bits per heavy atom. The van der Waals surface area contributed by atoms with Gasteiger partial charge >= 0.3 is 59.1 Å². The van der Waals surface area contributed by atoms with E-state index in [4.69, 9.17) is 9.97 Å². The molecule has 0 spiro atoms. The van der Waals surface area contributed by atoms with Crippen molar-refractivity contribution in [3.8, 4) is 44.5 Å². The van der Waals surface area contributed by atoms with Gasteiger partial charge in [0.15, 0.2) is 0 Å². The molecule has 0 unspecified atom stereocenters. The molecule has 8 bridgehead atoms. The van der Waals surface area contributed by atoms with Crippen LogP contribution in [0.15, 0.2) is 131 Å². The van der Waals surface area contributed by atoms with Crippen LogP contribution in [0, 0.1) is 11.6 Å². The van der Waals surface area contributed by atoms with Gasteiger partial charge in [0.05, 0.1) is 32.6 Å². The van der Waals surface area contributed by atoms with E-state index >= 15 is 0 Å². The molecule has 0 saturated heterocycles. The van der Waals surface area contributed by atoms with Gasteiger partial charge in [-0.1, -0.05) is 48.5 Å². The maximum absolute atomic E-state index is 14.3. The fraction of sp³-hybridized carbons (Fsp3) is 0. The van der Waals surface area contributed by atoms with Crippen molar-refractivity contribution in [1.29, 1.82) is 0 Å². The topological polar surface area (TPSA) is 140 Å². The normalized spacial score (nSPS) is 12.2. The van der Waals surface area contributed by atoms with Gasteiger partial charge < -0.3 is 9.11 Å². The summed E-state index contributed by atoms with van der Waals surface area (Å²) in [4.78, 5) is 9.50. The first kappa shape index (κ1) is 44.1. The summed E-state index contributed by atoms with van der Waals surface area (Å²) >= 11 is 2.83. The van der Waals surface area contributed by atoms with E-state index in [0.29, 0.717) is 65.6 Å². The molecule has 60 heavy (non-hydrogen) atoms. The first-order chi connectivity index (χ1) is 27.8. The van der Waals surface area contributed by atoms with Crippen LogP contribution in [0.3, 0.4) is 0 Å². The first-order valence-corrected chi connectivity index (χ1v) is 21.9. The van der Waals surface area contributed by atoms with Crippen molar-refractivity contribution in [2.75, 3.05) is 0 Å². The predicted molar refractivity (Wildman–Crippen MR) is 223 cm³/mol. The van der Waals surface area contributed by atoms with Gasteiger partial charge in [0.25, 0.3) is 0 Å². The molecule has 8 nitrogen and oxygen atoms in total. The third-order valence-electron chi connectivity index (χ3n) is 9.63. The Balaban J connectivity index is 0.00000272. The van der Waals surface area contributed by atoms with Crippen molar-refractivity contribution in [3.05, 3.63) is 156 Å². The monoisotopic (exact) mass is 888 g/mol. The molecule has 9 rings (SSSR count). The van der Waals surface area contributed by atoms with Crippen molar-refractivity contribution >= 4 is 86.0 Å². The van der Waals surface area contributed by atoms with Gasteiger partial charge in [0.1, 0.15) is 31.9 Å². The molecule has 0 saturated carbocycles. The van der Waals surface area contributed by atoms with E-state index < -0.39 is 31.9 Å². The molecule has 0 aliphatic carbocycles. The van der Waals surface area contributed by atoms with Gasteiger partial charge in [-0.05, 0) is 119 Å². The Bertz CT molecular complexity index is 3060. The number of thiophene rings is 2. The number of aromatic nitrogens is 2. The van der Waals surface area contributed by atoms with Gasteiger partial charge in [-0.3, -0.25) is 0 Å². The average Bonchev–Trinajstić information content (AvgIpc) is 4.04. The zero-order valence-corrected chi connectivity index (χ0v) is 38.9. The predicted octanol–water partition coefficient (Wildman–Crippen LogP) is 4.88. The van der Waals surface area contributed by atoms with Gasteiger partial charge in [-0.25, -0.2) is 35.6 Å². The fourth-order valence-electron chi connectivity index (χ4n) is 6.97. The summed E-state index contributed by atoms with van der Waals surface area (Å²) in [5.74, 6) is -0.804. The SMILES string of the molecule is O=S(=O)([O-])c1ccc(-c2c3nc(c(-c4ccc(F)cc4)c4ccc(s4)c(-c4ccc(F)cc4)c4nc(c(-c5ccc(S(=O)(=O)[O-])cc5)c5ccc2s5)C=C4)C=C3)cc1.[Na+].[Na+]. The van der Waals surface area contributed by atoms with Crippen molar-refractivity contribution in [2.24, 2.45) is 0 Å². The van der Waals surface area contributed by atoms with Crippen LogP contribution < -0.4 is 59.1 Å². The van der Waals surface area contributed by atoms with Gasteiger partial charge in [0.2, 0.25) is 0 Å². The summed E-state index contributed by atoms with van der Waals surface area (Å²) in [5.41, 5.74) is 7.49. The van der Waals surface area contributed by atoms with E-state index in [2.05, 4.69) is 0 Å². The molecule has 4 aromatic carbocycles. The summed E-state index contributed by atoms with van der Waals surface area (Å²) in [7, 11) is -9.45. The first-order valence-electron chi connectivity index (χ1n) is 17.4. The maximum atomic E-state index is 14.3. The molecule has 2 aliphatic heterocycles. The molecule has 3 aromatic heterocycles. The van der Waals surface area contributed by atoms with Crippen LogP contribution >= 0.6 is 22.7 Å². The Hall–Kier alpha value is -4.00. The summed E-state index contributed by atoms with van der Waals surface area (Å²) < 4.78 is 103. The zero-order chi connectivity index (χ0) is 40.3. The van der Waals surface area contributed by atoms with Gasteiger partial charge in [0, 0.05) is 41.1 Å². The smallest absolute Gasteiger partial charge is 0.744 e. The standard InChI is InChI=1S/C44H26F2N2O6S4.2Na/c45-29-9-1-25(2-10-29)41-33-17-19-35(47-33)43(27-5-13-31(14-6-27)57(49,50)51)39-23-24-40(56-39)44(28-7-15-32(16-8-28)58(52,53)54)36-20-18-34(48-36)42(38-22-21-37(41)55-38)26-3-11-30(46)12-4-26;;/h1-24H,(H,49,50,51)(H,52,53,54);;/q;2*+1/p-2. The second kappa shape index (κ2) is 17.4. The van der Waals surface area contributed by atoms with Crippen LogP contribution in [0.5, 0.6) is 0 Å². The van der Waals surface area contributed by atoms with E-state index in [0.717, 1.165) is 20.5 Å². The quantitative estimate of drug-likeness (QED) is 0.170. The Morgan fingerprint density at radius 1 is 0.383 bits per heavy atom. The number of fused-ring (bicyclic) bond motifs is 8. The molecule has 0 atom stereocenters. The van der Waals surface area contributed by atoms with E-state index in [1.807, 2.05) is 48.6 Å². The second-order valence-electron chi connectivity index (χ2n) is 13.2. The van der Waals surface area contributed by atoms with Gasteiger partial charge in [-0.15, -0.1) is 22.7 Å². The van der Waals surface area contributed by atoms with E-state index in [-0.39, 0.29) is 68.9 Å². The number of rotatable bonds is 6. The van der Waals surface area contributed by atoms with Crippen LogP contribution in [-0.4, -0.2) is 35.9 Å². The minimum atomic E-state index is -4.73. The van der Waals surface area contributed by atoms with Crippen LogP contribution in [0.4, 0.5) is 8.78 Å². The molecule has 2 aliphatic rings. The minimum Gasteiger partial charge on any atom is -0.744 e. The van der Waals surface area contributed by atoms with Crippen LogP contribution in [0.25, 0.3) is 87.6 Å². The molecule has 16 heteroatoms. The molecule has 0 amide bonds. The molecule has 0 radical (unpaired) electrons. The van der Waals surface area contributed by atoms with E-state index in [1.165, 1.54) is 71.2 Å². The van der Waals surface area contributed by atoms with Crippen molar-refractivity contribution < 1.29 is 93.8 Å². The van der Waals surface area contributed by atoms with Crippen molar-refractivity contribution in [1.82, 2.24) is 9.97 Å². The van der Waals surface area contributed by atoms with Crippen LogP contribution in [0.1, 0.15) is 22.8 Å². The average molecular weight is 889 g/mol. The Labute approximate surface area is 395 Å². The summed E-state index contributed by atoms with van der Waals surface area (Å²) in [6.45, 7) is 0. The number of halogens is 2. The number of nitrogens with zero attached hydrogens (tertiary/aromatic N) is 2.